The summed E-state index contributed by atoms with van der Waals surface area (Å²) in [6.07, 6.45) is 10.1. The Labute approximate surface area is 106 Å². The molecule has 0 aliphatic carbocycles. The van der Waals surface area contributed by atoms with Crippen molar-refractivity contribution in [3.05, 3.63) is 35.5 Å². The van der Waals surface area contributed by atoms with Crippen molar-refractivity contribution < 1.29 is 0 Å². The van der Waals surface area contributed by atoms with Crippen molar-refractivity contribution in [3.8, 4) is 0 Å². The molecule has 0 fully saturated rings. The Morgan fingerprint density at radius 2 is 1.62 bits per heavy atom. The summed E-state index contributed by atoms with van der Waals surface area (Å²) in [5.41, 5.74) is 4.16. The third-order valence-corrected chi connectivity index (χ3v) is 2.72. The van der Waals surface area contributed by atoms with Crippen LogP contribution in [-0.2, 0) is 0 Å². The number of halogens is 1. The van der Waals surface area contributed by atoms with Gasteiger partial charge in [-0.15, -0.1) is 11.6 Å². The van der Waals surface area contributed by atoms with Crippen LogP contribution in [-0.4, -0.2) is 5.88 Å². The highest BCUT2D eigenvalue weighted by atomic mass is 35.5. The van der Waals surface area contributed by atoms with Crippen molar-refractivity contribution >= 4 is 11.6 Å². The van der Waals surface area contributed by atoms with E-state index in [1.165, 1.54) is 23.1 Å². The van der Waals surface area contributed by atoms with Gasteiger partial charge in [-0.1, -0.05) is 35.5 Å². The van der Waals surface area contributed by atoms with Crippen molar-refractivity contribution in [2.75, 3.05) is 5.88 Å². The van der Waals surface area contributed by atoms with E-state index < -0.39 is 0 Å². The Hall–Kier alpha value is -0.490. The third-order valence-electron chi connectivity index (χ3n) is 2.53. The largest absolute Gasteiger partial charge is 0.126 e. The molecule has 0 aromatic carbocycles. The lowest BCUT2D eigenvalue weighted by atomic mass is 10.1. The van der Waals surface area contributed by atoms with Gasteiger partial charge in [0.05, 0.1) is 0 Å². The maximum atomic E-state index is 5.65. The first-order valence-corrected chi connectivity index (χ1v) is 6.61. The minimum absolute atomic E-state index is 0.697. The highest BCUT2D eigenvalue weighted by Crippen LogP contribution is 2.12. The molecule has 0 saturated carbocycles. The van der Waals surface area contributed by atoms with E-state index in [1.807, 2.05) is 0 Å². The quantitative estimate of drug-likeness (QED) is 0.380. The van der Waals surface area contributed by atoms with E-state index in [0.29, 0.717) is 5.88 Å². The molecule has 0 saturated heterocycles. The van der Waals surface area contributed by atoms with Crippen LogP contribution in [0.5, 0.6) is 0 Å². The Balaban J connectivity index is 3.70. The normalized spacial score (nSPS) is 11.4. The minimum Gasteiger partial charge on any atom is -0.126 e. The topological polar surface area (TPSA) is 0 Å². The molecular formula is C15H25Cl. The molecule has 0 aromatic rings. The first-order chi connectivity index (χ1) is 7.56. The zero-order valence-electron chi connectivity index (χ0n) is 11.0. The second-order valence-electron chi connectivity index (χ2n) is 4.60. The third kappa shape index (κ3) is 10.0. The predicted octanol–water partition coefficient (Wildman–Crippen LogP) is 5.64. The van der Waals surface area contributed by atoms with Crippen LogP contribution in [0.25, 0.3) is 0 Å². The standard InChI is InChI=1S/C15H25Cl/c1-13(2)7-5-8-14(3)9-6-10-15(4)11-12-16/h7,9H,4-6,8,10-12H2,1-3H3. The molecule has 0 bridgehead atoms. The maximum Gasteiger partial charge on any atom is 0.0260 e. The molecule has 16 heavy (non-hydrogen) atoms. The zero-order valence-corrected chi connectivity index (χ0v) is 11.7. The highest BCUT2D eigenvalue weighted by Gasteiger charge is 1.93. The number of hydrogen-bond donors (Lipinski definition) is 0. The van der Waals surface area contributed by atoms with Crippen LogP contribution < -0.4 is 0 Å². The first kappa shape index (κ1) is 15.5. The van der Waals surface area contributed by atoms with Crippen molar-refractivity contribution in [2.24, 2.45) is 0 Å². The molecule has 0 radical (unpaired) electrons. The fourth-order valence-corrected chi connectivity index (χ4v) is 1.74. The molecule has 0 aliphatic rings. The lowest BCUT2D eigenvalue weighted by Gasteiger charge is -2.02. The molecule has 0 aromatic heterocycles. The molecule has 0 rings (SSSR count). The van der Waals surface area contributed by atoms with E-state index >= 15 is 0 Å². The molecular weight excluding hydrogens is 216 g/mol. The molecule has 92 valence electrons. The van der Waals surface area contributed by atoms with E-state index in [2.05, 4.69) is 39.5 Å². The Morgan fingerprint density at radius 1 is 1.00 bits per heavy atom. The minimum atomic E-state index is 0.697. The Kier molecular flexibility index (Phi) is 9.42. The van der Waals surface area contributed by atoms with Crippen LogP contribution in [0.4, 0.5) is 0 Å². The van der Waals surface area contributed by atoms with E-state index in [-0.39, 0.29) is 0 Å². The van der Waals surface area contributed by atoms with Gasteiger partial charge in [-0.3, -0.25) is 0 Å². The van der Waals surface area contributed by atoms with Crippen molar-refractivity contribution in [1.82, 2.24) is 0 Å². The lowest BCUT2D eigenvalue weighted by molar-refractivity contribution is 0.891. The molecule has 0 unspecified atom stereocenters. The monoisotopic (exact) mass is 240 g/mol. The lowest BCUT2D eigenvalue weighted by Crippen LogP contribution is -1.84. The van der Waals surface area contributed by atoms with E-state index in [4.69, 9.17) is 11.6 Å². The number of allylic oxidation sites excluding steroid dienone is 5. The number of hydrogen-bond acceptors (Lipinski definition) is 0. The molecule has 0 nitrogen and oxygen atoms in total. The van der Waals surface area contributed by atoms with Gasteiger partial charge in [0.1, 0.15) is 0 Å². The molecule has 0 atom stereocenters. The summed E-state index contributed by atoms with van der Waals surface area (Å²) in [5, 5.41) is 0. The van der Waals surface area contributed by atoms with Crippen LogP contribution in [0.3, 0.4) is 0 Å². The van der Waals surface area contributed by atoms with Crippen LogP contribution in [0.15, 0.2) is 35.5 Å². The zero-order chi connectivity index (χ0) is 12.4. The molecule has 1 heteroatoms. The highest BCUT2D eigenvalue weighted by molar-refractivity contribution is 6.17. The summed E-state index contributed by atoms with van der Waals surface area (Å²) >= 11 is 5.65. The van der Waals surface area contributed by atoms with Gasteiger partial charge in [-0.25, -0.2) is 0 Å². The average molecular weight is 241 g/mol. The van der Waals surface area contributed by atoms with Crippen molar-refractivity contribution in [1.29, 1.82) is 0 Å². The van der Waals surface area contributed by atoms with Gasteiger partial charge in [-0.05, 0) is 52.9 Å². The van der Waals surface area contributed by atoms with Crippen molar-refractivity contribution in [3.63, 3.8) is 0 Å². The molecule has 0 spiro atoms. The Bertz CT molecular complexity index is 255. The van der Waals surface area contributed by atoms with E-state index in [9.17, 15) is 0 Å². The van der Waals surface area contributed by atoms with E-state index in [0.717, 1.165) is 25.7 Å². The predicted molar refractivity (Wildman–Crippen MR) is 76.1 cm³/mol. The second kappa shape index (κ2) is 9.72. The van der Waals surface area contributed by atoms with Gasteiger partial charge in [0, 0.05) is 5.88 Å². The molecule has 0 N–H and O–H groups in total. The first-order valence-electron chi connectivity index (χ1n) is 6.08. The van der Waals surface area contributed by atoms with Crippen LogP contribution in [0.2, 0.25) is 0 Å². The second-order valence-corrected chi connectivity index (χ2v) is 4.98. The van der Waals surface area contributed by atoms with Gasteiger partial charge in [-0.2, -0.15) is 0 Å². The number of rotatable bonds is 8. The van der Waals surface area contributed by atoms with Gasteiger partial charge in [0.2, 0.25) is 0 Å². The SMILES string of the molecule is C=C(CCCl)CCC=C(C)CCC=C(C)C. The summed E-state index contributed by atoms with van der Waals surface area (Å²) in [4.78, 5) is 0. The van der Waals surface area contributed by atoms with Crippen LogP contribution in [0, 0.1) is 0 Å². The summed E-state index contributed by atoms with van der Waals surface area (Å²) in [6.45, 7) is 10.5. The maximum absolute atomic E-state index is 5.65. The van der Waals surface area contributed by atoms with Crippen LogP contribution >= 0.6 is 11.6 Å². The fraction of sp³-hybridized carbons (Fsp3) is 0.600. The van der Waals surface area contributed by atoms with Gasteiger partial charge in [0.25, 0.3) is 0 Å². The fourth-order valence-electron chi connectivity index (χ4n) is 1.47. The molecule has 0 aliphatic heterocycles. The summed E-state index contributed by atoms with van der Waals surface area (Å²) in [5.74, 6) is 0.697. The van der Waals surface area contributed by atoms with E-state index in [1.54, 1.807) is 0 Å². The molecule has 0 heterocycles. The number of alkyl halides is 1. The average Bonchev–Trinajstić information content (AvgIpc) is 2.17. The summed E-state index contributed by atoms with van der Waals surface area (Å²) < 4.78 is 0. The van der Waals surface area contributed by atoms with Gasteiger partial charge < -0.3 is 0 Å². The van der Waals surface area contributed by atoms with Gasteiger partial charge in [0.15, 0.2) is 0 Å². The smallest absolute Gasteiger partial charge is 0.0260 e. The Morgan fingerprint density at radius 3 is 2.19 bits per heavy atom. The van der Waals surface area contributed by atoms with Crippen LogP contribution in [0.1, 0.15) is 52.9 Å². The van der Waals surface area contributed by atoms with Crippen molar-refractivity contribution in [2.45, 2.75) is 52.9 Å². The van der Waals surface area contributed by atoms with Gasteiger partial charge >= 0.3 is 0 Å². The molecule has 0 amide bonds. The summed E-state index contributed by atoms with van der Waals surface area (Å²) in [6, 6.07) is 0. The summed E-state index contributed by atoms with van der Waals surface area (Å²) in [7, 11) is 0.